The number of carbonyl (C=O) groups is 1. The van der Waals surface area contributed by atoms with Gasteiger partial charge in [0.1, 0.15) is 0 Å². The normalized spacial score (nSPS) is 24.0. The van der Waals surface area contributed by atoms with Crippen LogP contribution in [0.5, 0.6) is 0 Å². The Balaban J connectivity index is 1.96. The smallest absolute Gasteiger partial charge is 0.308 e. The van der Waals surface area contributed by atoms with E-state index in [0.717, 1.165) is 25.7 Å². The van der Waals surface area contributed by atoms with Gasteiger partial charge in [0.05, 0.1) is 12.5 Å². The average molecular weight is 309 g/mol. The Hall–Kier alpha value is -0.870. The molecule has 3 atom stereocenters. The summed E-state index contributed by atoms with van der Waals surface area (Å²) in [6.45, 7) is 6.87. The number of nitrogens with one attached hydrogen (secondary N) is 1. The second-order valence-electron chi connectivity index (χ2n) is 6.22. The van der Waals surface area contributed by atoms with Crippen LogP contribution in [0.15, 0.2) is 17.5 Å². The van der Waals surface area contributed by atoms with Gasteiger partial charge in [0.25, 0.3) is 0 Å². The summed E-state index contributed by atoms with van der Waals surface area (Å²) >= 11 is 1.81. The Morgan fingerprint density at radius 3 is 2.90 bits per heavy atom. The lowest BCUT2D eigenvalue weighted by Gasteiger charge is -2.33. The summed E-state index contributed by atoms with van der Waals surface area (Å²) in [4.78, 5) is 13.3. The van der Waals surface area contributed by atoms with Crippen molar-refractivity contribution in [1.82, 2.24) is 5.32 Å². The van der Waals surface area contributed by atoms with Gasteiger partial charge in [-0.05, 0) is 43.6 Å². The molecule has 0 saturated heterocycles. The highest BCUT2D eigenvalue weighted by atomic mass is 32.1. The van der Waals surface area contributed by atoms with Crippen LogP contribution in [0.2, 0.25) is 0 Å². The number of rotatable bonds is 6. The van der Waals surface area contributed by atoms with Crippen LogP contribution < -0.4 is 5.32 Å². The molecule has 0 aliphatic heterocycles. The van der Waals surface area contributed by atoms with Gasteiger partial charge < -0.3 is 10.1 Å². The molecule has 0 spiro atoms. The van der Waals surface area contributed by atoms with Crippen LogP contribution >= 0.6 is 11.3 Å². The quantitative estimate of drug-likeness (QED) is 0.802. The minimum atomic E-state index is -0.0128. The van der Waals surface area contributed by atoms with E-state index in [9.17, 15) is 4.79 Å². The molecular formula is C17H27NO2S. The summed E-state index contributed by atoms with van der Waals surface area (Å²) < 4.78 is 5.19. The maximum atomic E-state index is 11.9. The highest BCUT2D eigenvalue weighted by Crippen LogP contribution is 2.31. The van der Waals surface area contributed by atoms with Crippen LogP contribution in [0, 0.1) is 11.8 Å². The fraction of sp³-hybridized carbons (Fsp3) is 0.706. The summed E-state index contributed by atoms with van der Waals surface area (Å²) in [5, 5.41) is 5.92. The molecule has 1 fully saturated rings. The first-order chi connectivity index (χ1) is 10.1. The SMILES string of the molecule is CCOC(=O)C1CCCC(NC(c2cccs2)C(C)C)C1. The maximum absolute atomic E-state index is 11.9. The van der Waals surface area contributed by atoms with Gasteiger partial charge in [-0.1, -0.05) is 26.3 Å². The highest BCUT2D eigenvalue weighted by Gasteiger charge is 2.30. The third-order valence-corrected chi connectivity index (χ3v) is 5.18. The van der Waals surface area contributed by atoms with E-state index < -0.39 is 0 Å². The van der Waals surface area contributed by atoms with Crippen molar-refractivity contribution in [2.24, 2.45) is 11.8 Å². The molecule has 1 aromatic heterocycles. The largest absolute Gasteiger partial charge is 0.466 e. The minimum absolute atomic E-state index is 0.0128. The van der Waals surface area contributed by atoms with Gasteiger partial charge in [-0.15, -0.1) is 11.3 Å². The topological polar surface area (TPSA) is 38.3 Å². The Morgan fingerprint density at radius 1 is 1.48 bits per heavy atom. The fourth-order valence-electron chi connectivity index (χ4n) is 3.14. The van der Waals surface area contributed by atoms with Crippen molar-refractivity contribution in [1.29, 1.82) is 0 Å². The molecule has 1 heterocycles. The second-order valence-corrected chi connectivity index (χ2v) is 7.20. The van der Waals surface area contributed by atoms with Crippen molar-refractivity contribution < 1.29 is 9.53 Å². The van der Waals surface area contributed by atoms with E-state index in [2.05, 4.69) is 36.7 Å². The van der Waals surface area contributed by atoms with Crippen LogP contribution in [-0.4, -0.2) is 18.6 Å². The monoisotopic (exact) mass is 309 g/mol. The molecule has 1 aromatic rings. The first kappa shape index (κ1) is 16.5. The van der Waals surface area contributed by atoms with Gasteiger partial charge in [-0.3, -0.25) is 4.79 Å². The van der Waals surface area contributed by atoms with Crippen LogP contribution in [0.3, 0.4) is 0 Å². The molecule has 0 bridgehead atoms. The lowest BCUT2D eigenvalue weighted by Crippen LogP contribution is -2.40. The molecule has 1 aliphatic rings. The minimum Gasteiger partial charge on any atom is -0.466 e. The Morgan fingerprint density at radius 2 is 2.29 bits per heavy atom. The first-order valence-corrected chi connectivity index (χ1v) is 8.95. The Kier molecular flexibility index (Phi) is 6.24. The molecule has 0 aromatic carbocycles. The number of esters is 1. The van der Waals surface area contributed by atoms with Gasteiger partial charge >= 0.3 is 5.97 Å². The number of hydrogen-bond donors (Lipinski definition) is 1. The molecule has 0 radical (unpaired) electrons. The maximum Gasteiger partial charge on any atom is 0.308 e. The molecule has 2 rings (SSSR count). The molecular weight excluding hydrogens is 282 g/mol. The molecule has 1 aliphatic carbocycles. The van der Waals surface area contributed by atoms with Gasteiger partial charge in [-0.25, -0.2) is 0 Å². The molecule has 4 heteroatoms. The van der Waals surface area contributed by atoms with Crippen molar-refractivity contribution >= 4 is 17.3 Å². The van der Waals surface area contributed by atoms with Crippen LogP contribution in [0.1, 0.15) is 57.4 Å². The molecule has 0 amide bonds. The van der Waals surface area contributed by atoms with Crippen molar-refractivity contribution in [2.75, 3.05) is 6.61 Å². The van der Waals surface area contributed by atoms with Crippen molar-refractivity contribution in [3.8, 4) is 0 Å². The van der Waals surface area contributed by atoms with Gasteiger partial charge in [-0.2, -0.15) is 0 Å². The van der Waals surface area contributed by atoms with E-state index in [4.69, 9.17) is 4.74 Å². The van der Waals surface area contributed by atoms with Gasteiger partial charge in [0.2, 0.25) is 0 Å². The van der Waals surface area contributed by atoms with Crippen molar-refractivity contribution in [3.05, 3.63) is 22.4 Å². The van der Waals surface area contributed by atoms with E-state index in [1.807, 2.05) is 18.3 Å². The lowest BCUT2D eigenvalue weighted by atomic mass is 9.85. The molecule has 21 heavy (non-hydrogen) atoms. The molecule has 3 nitrogen and oxygen atoms in total. The van der Waals surface area contributed by atoms with Gasteiger partial charge in [0.15, 0.2) is 0 Å². The standard InChI is InChI=1S/C17H27NO2S/c1-4-20-17(19)13-7-5-8-14(11-13)18-16(12(2)3)15-9-6-10-21-15/h6,9-10,12-14,16,18H,4-5,7-8,11H2,1-3H3. The first-order valence-electron chi connectivity index (χ1n) is 8.07. The van der Waals surface area contributed by atoms with Crippen molar-refractivity contribution in [3.63, 3.8) is 0 Å². The van der Waals surface area contributed by atoms with Crippen LogP contribution in [0.25, 0.3) is 0 Å². The molecule has 1 N–H and O–H groups in total. The Bertz CT molecular complexity index is 430. The summed E-state index contributed by atoms with van der Waals surface area (Å²) in [5.41, 5.74) is 0. The van der Waals surface area contributed by atoms with E-state index in [1.54, 1.807) is 0 Å². The van der Waals surface area contributed by atoms with E-state index in [-0.39, 0.29) is 11.9 Å². The van der Waals surface area contributed by atoms with E-state index in [0.29, 0.717) is 24.6 Å². The van der Waals surface area contributed by atoms with Crippen LogP contribution in [0.4, 0.5) is 0 Å². The third kappa shape index (κ3) is 4.55. The predicted octanol–water partition coefficient (Wildman–Crippen LogP) is 4.16. The third-order valence-electron chi connectivity index (χ3n) is 4.23. The zero-order valence-electron chi connectivity index (χ0n) is 13.3. The highest BCUT2D eigenvalue weighted by molar-refractivity contribution is 7.10. The van der Waals surface area contributed by atoms with E-state index >= 15 is 0 Å². The number of hydrogen-bond acceptors (Lipinski definition) is 4. The molecule has 118 valence electrons. The number of ether oxygens (including phenoxy) is 1. The number of carbonyl (C=O) groups excluding carboxylic acids is 1. The summed E-state index contributed by atoms with van der Waals surface area (Å²) in [6, 6.07) is 5.12. The summed E-state index contributed by atoms with van der Waals surface area (Å²) in [5.74, 6) is 0.611. The van der Waals surface area contributed by atoms with Crippen LogP contribution in [-0.2, 0) is 9.53 Å². The fourth-order valence-corrected chi connectivity index (χ4v) is 4.10. The van der Waals surface area contributed by atoms with E-state index in [1.165, 1.54) is 4.88 Å². The Labute approximate surface area is 132 Å². The van der Waals surface area contributed by atoms with Crippen molar-refractivity contribution in [2.45, 2.75) is 58.5 Å². The zero-order chi connectivity index (χ0) is 15.2. The number of thiophene rings is 1. The predicted molar refractivity (Wildman–Crippen MR) is 87.4 cm³/mol. The van der Waals surface area contributed by atoms with Gasteiger partial charge in [0, 0.05) is 17.0 Å². The average Bonchev–Trinajstić information content (AvgIpc) is 2.99. The molecule has 3 unspecified atom stereocenters. The zero-order valence-corrected chi connectivity index (χ0v) is 14.1. The second kappa shape index (κ2) is 7.95. The summed E-state index contributed by atoms with van der Waals surface area (Å²) in [7, 11) is 0. The summed E-state index contributed by atoms with van der Waals surface area (Å²) in [6.07, 6.45) is 4.15. The lowest BCUT2D eigenvalue weighted by molar-refractivity contribution is -0.149. The molecule has 1 saturated carbocycles.